The molecule has 31 heavy (non-hydrogen) atoms. The van der Waals surface area contributed by atoms with Crippen LogP contribution in [0.2, 0.25) is 0 Å². The molecule has 2 atom stereocenters. The fourth-order valence-electron chi connectivity index (χ4n) is 4.33. The Morgan fingerprint density at radius 1 is 1.10 bits per heavy atom. The first-order valence-corrected chi connectivity index (χ1v) is 10.9. The first kappa shape index (κ1) is 19.7. The fraction of sp³-hybridized carbons (Fsp3) is 0.476. The Balaban J connectivity index is 1.40. The summed E-state index contributed by atoms with van der Waals surface area (Å²) in [6.45, 7) is 0. The molecule has 5 rings (SSSR count). The average molecular weight is 422 g/mol. The van der Waals surface area contributed by atoms with Gasteiger partial charge in [0.25, 0.3) is 5.91 Å². The van der Waals surface area contributed by atoms with Crippen LogP contribution < -0.4 is 22.1 Å². The molecule has 2 aliphatic rings. The number of anilines is 3. The standard InChI is InChI=1S/C21H27N9O/c22-15-6-1-2-7-16(15)26-21-27-20(18(19(23)31)28-29-21)25-13-8-9-17-12(10-13)11-24-30(17)14-4-3-5-14/h8-11,14-16H,1-7,22H2,(H2,23,31)(H2,25,26,27,29)/t15-,16+/m0/s1. The second-order valence-corrected chi connectivity index (χ2v) is 8.47. The number of benzene rings is 1. The Kier molecular flexibility index (Phi) is 5.14. The summed E-state index contributed by atoms with van der Waals surface area (Å²) in [4.78, 5) is 16.4. The Morgan fingerprint density at radius 2 is 1.94 bits per heavy atom. The van der Waals surface area contributed by atoms with Crippen LogP contribution in [0.3, 0.4) is 0 Å². The molecule has 3 aromatic rings. The van der Waals surface area contributed by atoms with Crippen molar-refractivity contribution < 1.29 is 4.79 Å². The molecule has 10 nitrogen and oxygen atoms in total. The van der Waals surface area contributed by atoms with Crippen molar-refractivity contribution >= 4 is 34.3 Å². The lowest BCUT2D eigenvalue weighted by Gasteiger charge is -2.29. The van der Waals surface area contributed by atoms with Crippen LogP contribution >= 0.6 is 0 Å². The van der Waals surface area contributed by atoms with Crippen molar-refractivity contribution in [3.05, 3.63) is 30.1 Å². The maximum Gasteiger partial charge on any atom is 0.273 e. The number of nitrogens with zero attached hydrogens (tertiary/aromatic N) is 5. The summed E-state index contributed by atoms with van der Waals surface area (Å²) in [5.41, 5.74) is 13.6. The highest BCUT2D eigenvalue weighted by atomic mass is 16.1. The zero-order valence-corrected chi connectivity index (χ0v) is 17.3. The third-order valence-electron chi connectivity index (χ3n) is 6.33. The Hall–Kier alpha value is -3.27. The number of fused-ring (bicyclic) bond motifs is 1. The number of hydrogen-bond donors (Lipinski definition) is 4. The van der Waals surface area contributed by atoms with Gasteiger partial charge in [-0.25, -0.2) is 0 Å². The van der Waals surface area contributed by atoms with Gasteiger partial charge >= 0.3 is 0 Å². The van der Waals surface area contributed by atoms with Crippen LogP contribution in [-0.2, 0) is 0 Å². The number of carbonyl (C=O) groups excluding carboxylic acids is 1. The molecule has 2 heterocycles. The molecule has 162 valence electrons. The van der Waals surface area contributed by atoms with E-state index in [1.165, 1.54) is 19.3 Å². The summed E-state index contributed by atoms with van der Waals surface area (Å²) in [5.74, 6) is -0.101. The lowest BCUT2D eigenvalue weighted by atomic mass is 9.91. The molecule has 6 N–H and O–H groups in total. The number of carbonyl (C=O) groups is 1. The first-order valence-electron chi connectivity index (χ1n) is 10.9. The van der Waals surface area contributed by atoms with Gasteiger partial charge in [-0.3, -0.25) is 9.48 Å². The van der Waals surface area contributed by atoms with E-state index in [4.69, 9.17) is 11.5 Å². The van der Waals surface area contributed by atoms with Gasteiger partial charge in [0.15, 0.2) is 11.5 Å². The minimum absolute atomic E-state index is 0.0104. The van der Waals surface area contributed by atoms with Crippen molar-refractivity contribution in [2.24, 2.45) is 11.5 Å². The van der Waals surface area contributed by atoms with Gasteiger partial charge in [-0.1, -0.05) is 12.8 Å². The molecule has 1 aromatic carbocycles. The van der Waals surface area contributed by atoms with E-state index in [2.05, 4.69) is 35.6 Å². The third kappa shape index (κ3) is 3.90. The summed E-state index contributed by atoms with van der Waals surface area (Å²) in [6, 6.07) is 6.56. The highest BCUT2D eigenvalue weighted by molar-refractivity contribution is 5.96. The molecular formula is C21H27N9O. The maximum atomic E-state index is 11.9. The van der Waals surface area contributed by atoms with Crippen LogP contribution in [0.4, 0.5) is 17.5 Å². The van der Waals surface area contributed by atoms with Crippen LogP contribution in [0.25, 0.3) is 10.9 Å². The maximum absolute atomic E-state index is 11.9. The molecule has 0 spiro atoms. The highest BCUT2D eigenvalue weighted by Crippen LogP contribution is 2.34. The molecular weight excluding hydrogens is 394 g/mol. The first-order chi connectivity index (χ1) is 15.1. The number of nitrogens with one attached hydrogen (secondary N) is 2. The second kappa shape index (κ2) is 8.10. The molecule has 0 bridgehead atoms. The molecule has 1 amide bonds. The zero-order valence-electron chi connectivity index (χ0n) is 17.3. The van der Waals surface area contributed by atoms with E-state index in [1.807, 2.05) is 24.4 Å². The van der Waals surface area contributed by atoms with Crippen molar-refractivity contribution in [3.63, 3.8) is 0 Å². The van der Waals surface area contributed by atoms with Crippen LogP contribution in [-0.4, -0.2) is 43.0 Å². The van der Waals surface area contributed by atoms with E-state index in [0.717, 1.165) is 42.3 Å². The molecule has 0 radical (unpaired) electrons. The van der Waals surface area contributed by atoms with Crippen molar-refractivity contribution in [1.29, 1.82) is 0 Å². The topological polar surface area (TPSA) is 150 Å². The van der Waals surface area contributed by atoms with Crippen LogP contribution in [0, 0.1) is 0 Å². The summed E-state index contributed by atoms with van der Waals surface area (Å²) >= 11 is 0. The fourth-order valence-corrected chi connectivity index (χ4v) is 4.33. The van der Waals surface area contributed by atoms with Gasteiger partial charge in [-0.05, 0) is 50.3 Å². The lowest BCUT2D eigenvalue weighted by Crippen LogP contribution is -2.43. The Labute approximate surface area is 179 Å². The van der Waals surface area contributed by atoms with Gasteiger partial charge in [-0.15, -0.1) is 10.2 Å². The van der Waals surface area contributed by atoms with Crippen molar-refractivity contribution in [2.45, 2.75) is 63.1 Å². The van der Waals surface area contributed by atoms with E-state index in [0.29, 0.717) is 12.0 Å². The van der Waals surface area contributed by atoms with E-state index in [9.17, 15) is 4.79 Å². The average Bonchev–Trinajstić information content (AvgIpc) is 3.11. The number of rotatable bonds is 6. The normalized spacial score (nSPS) is 21.6. The second-order valence-electron chi connectivity index (χ2n) is 8.47. The zero-order chi connectivity index (χ0) is 21.4. The van der Waals surface area contributed by atoms with E-state index < -0.39 is 5.91 Å². The summed E-state index contributed by atoms with van der Waals surface area (Å²) in [5, 5.41) is 20.1. The van der Waals surface area contributed by atoms with E-state index >= 15 is 0 Å². The predicted octanol–water partition coefficient (Wildman–Crippen LogP) is 2.47. The predicted molar refractivity (Wildman–Crippen MR) is 118 cm³/mol. The Morgan fingerprint density at radius 3 is 2.68 bits per heavy atom. The minimum Gasteiger partial charge on any atom is -0.364 e. The molecule has 2 saturated carbocycles. The molecule has 0 saturated heterocycles. The number of nitrogens with two attached hydrogens (primary N) is 2. The van der Waals surface area contributed by atoms with Gasteiger partial charge in [0.05, 0.1) is 17.8 Å². The quantitative estimate of drug-likeness (QED) is 0.474. The summed E-state index contributed by atoms with van der Waals surface area (Å²) in [7, 11) is 0. The van der Waals surface area contributed by atoms with Gasteiger partial charge in [0, 0.05) is 23.2 Å². The SMILES string of the molecule is NC(=O)c1nnc(N[C@@H]2CCCC[C@@H]2N)nc1Nc1ccc2c(cnn2C2CCC2)c1. The van der Waals surface area contributed by atoms with Gasteiger partial charge in [0.1, 0.15) is 0 Å². The highest BCUT2D eigenvalue weighted by Gasteiger charge is 2.24. The smallest absolute Gasteiger partial charge is 0.273 e. The summed E-state index contributed by atoms with van der Waals surface area (Å²) < 4.78 is 2.10. The van der Waals surface area contributed by atoms with Gasteiger partial charge in [-0.2, -0.15) is 10.1 Å². The molecule has 10 heteroatoms. The van der Waals surface area contributed by atoms with Gasteiger partial charge < -0.3 is 22.1 Å². The largest absolute Gasteiger partial charge is 0.364 e. The van der Waals surface area contributed by atoms with Crippen molar-refractivity contribution in [2.75, 3.05) is 10.6 Å². The molecule has 2 aromatic heterocycles. The minimum atomic E-state index is -0.692. The number of amides is 1. The van der Waals surface area contributed by atoms with Gasteiger partial charge in [0.2, 0.25) is 5.95 Å². The molecule has 0 unspecified atom stereocenters. The lowest BCUT2D eigenvalue weighted by molar-refractivity contribution is 0.0995. The monoisotopic (exact) mass is 421 g/mol. The molecule has 0 aliphatic heterocycles. The van der Waals surface area contributed by atoms with Crippen LogP contribution in [0.5, 0.6) is 0 Å². The Bertz CT molecular complexity index is 1110. The van der Waals surface area contributed by atoms with E-state index in [-0.39, 0.29) is 23.6 Å². The van der Waals surface area contributed by atoms with Crippen molar-refractivity contribution in [1.82, 2.24) is 25.0 Å². The van der Waals surface area contributed by atoms with E-state index in [1.54, 1.807) is 0 Å². The van der Waals surface area contributed by atoms with Crippen LogP contribution in [0.1, 0.15) is 61.5 Å². The molecule has 2 aliphatic carbocycles. The number of aromatic nitrogens is 5. The summed E-state index contributed by atoms with van der Waals surface area (Å²) in [6.07, 6.45) is 9.62. The van der Waals surface area contributed by atoms with Crippen molar-refractivity contribution in [3.8, 4) is 0 Å². The third-order valence-corrected chi connectivity index (χ3v) is 6.33. The van der Waals surface area contributed by atoms with Crippen LogP contribution in [0.15, 0.2) is 24.4 Å². The molecule has 2 fully saturated rings. The number of hydrogen-bond acceptors (Lipinski definition) is 8. The number of primary amides is 1.